The highest BCUT2D eigenvalue weighted by atomic mass is 79.9. The van der Waals surface area contributed by atoms with Gasteiger partial charge in [-0.25, -0.2) is 0 Å². The molecule has 0 amide bonds. The molecule has 0 bridgehead atoms. The topological polar surface area (TPSA) is 55.5 Å². The Labute approximate surface area is 129 Å². The van der Waals surface area contributed by atoms with Crippen LogP contribution in [0.3, 0.4) is 0 Å². The fraction of sp³-hybridized carbons (Fsp3) is 0.500. The van der Waals surface area contributed by atoms with Crippen LogP contribution >= 0.6 is 28.3 Å². The minimum Gasteiger partial charge on any atom is -0.405 e. The number of hydrogen-bond donors (Lipinski definition) is 2. The highest BCUT2D eigenvalue weighted by Gasteiger charge is 2.33. The zero-order valence-electron chi connectivity index (χ0n) is 10.8. The van der Waals surface area contributed by atoms with Crippen molar-refractivity contribution in [2.75, 3.05) is 0 Å². The molecule has 0 radical (unpaired) electrons. The van der Waals surface area contributed by atoms with Gasteiger partial charge >= 0.3 is 6.36 Å². The zero-order valence-corrected chi connectivity index (χ0v) is 13.2. The van der Waals surface area contributed by atoms with Crippen molar-refractivity contribution in [1.29, 1.82) is 0 Å². The second kappa shape index (κ2) is 7.49. The van der Waals surface area contributed by atoms with E-state index in [4.69, 9.17) is 5.73 Å². The highest BCUT2D eigenvalue weighted by molar-refractivity contribution is 9.10. The number of aliphatic hydroxyl groups excluding tert-OH is 1. The van der Waals surface area contributed by atoms with Crippen molar-refractivity contribution in [2.24, 2.45) is 11.7 Å². The average molecular weight is 379 g/mol. The summed E-state index contributed by atoms with van der Waals surface area (Å²) in [6, 6.07) is 3.03. The number of rotatable bonds is 4. The molecule has 1 rings (SSSR count). The summed E-state index contributed by atoms with van der Waals surface area (Å²) in [4.78, 5) is 0. The number of hydrogen-bond acceptors (Lipinski definition) is 3. The van der Waals surface area contributed by atoms with Crippen molar-refractivity contribution >= 4 is 28.3 Å². The Bertz CT molecular complexity index is 443. The predicted molar refractivity (Wildman–Crippen MR) is 75.8 cm³/mol. The maximum absolute atomic E-state index is 12.3. The third kappa shape index (κ3) is 5.47. The molecule has 0 aliphatic heterocycles. The van der Waals surface area contributed by atoms with E-state index in [9.17, 15) is 18.3 Å². The van der Waals surface area contributed by atoms with Crippen LogP contribution in [0.1, 0.15) is 25.5 Å². The maximum Gasteiger partial charge on any atom is 0.573 e. The van der Waals surface area contributed by atoms with E-state index in [-0.39, 0.29) is 23.9 Å². The summed E-state index contributed by atoms with van der Waals surface area (Å²) in [7, 11) is 0. The van der Waals surface area contributed by atoms with Gasteiger partial charge < -0.3 is 15.6 Å². The molecule has 2 atom stereocenters. The normalized spacial score (nSPS) is 14.7. The Morgan fingerprint density at radius 2 is 1.85 bits per heavy atom. The molecule has 0 aromatic heterocycles. The van der Waals surface area contributed by atoms with Crippen LogP contribution in [-0.2, 0) is 0 Å². The van der Waals surface area contributed by atoms with Crippen molar-refractivity contribution in [3.63, 3.8) is 0 Å². The third-order valence-electron chi connectivity index (χ3n) is 2.61. The summed E-state index contributed by atoms with van der Waals surface area (Å²) in [6.07, 6.45) is -5.77. The minimum absolute atomic E-state index is 0. The van der Waals surface area contributed by atoms with Crippen LogP contribution in [0, 0.1) is 5.92 Å². The first-order valence-corrected chi connectivity index (χ1v) is 6.40. The number of benzene rings is 1. The summed E-state index contributed by atoms with van der Waals surface area (Å²) in [5.74, 6) is -0.587. The van der Waals surface area contributed by atoms with E-state index in [2.05, 4.69) is 20.7 Å². The Hall–Kier alpha value is -0.500. The first-order chi connectivity index (χ1) is 8.61. The van der Waals surface area contributed by atoms with E-state index in [1.54, 1.807) is 13.8 Å². The lowest BCUT2D eigenvalue weighted by Crippen LogP contribution is -2.31. The summed E-state index contributed by atoms with van der Waals surface area (Å²) in [5.41, 5.74) is 5.91. The second-order valence-corrected chi connectivity index (χ2v) is 5.41. The SMILES string of the molecule is CC(C)[C@H](O)[C@H](N)c1cc(Br)ccc1OC(F)(F)F.Cl. The molecule has 1 aromatic rings. The highest BCUT2D eigenvalue weighted by Crippen LogP contribution is 2.34. The van der Waals surface area contributed by atoms with Gasteiger partial charge in [0.2, 0.25) is 0 Å². The van der Waals surface area contributed by atoms with Gasteiger partial charge in [0.1, 0.15) is 5.75 Å². The monoisotopic (exact) mass is 377 g/mol. The number of aliphatic hydroxyl groups is 1. The Balaban J connectivity index is 0.00000361. The lowest BCUT2D eigenvalue weighted by Gasteiger charge is -2.24. The van der Waals surface area contributed by atoms with Gasteiger partial charge in [0.05, 0.1) is 12.1 Å². The number of alkyl halides is 3. The molecule has 0 heterocycles. The average Bonchev–Trinajstić information content (AvgIpc) is 2.27. The quantitative estimate of drug-likeness (QED) is 0.838. The summed E-state index contributed by atoms with van der Waals surface area (Å²) >= 11 is 3.16. The molecule has 0 spiro atoms. The Morgan fingerprint density at radius 3 is 2.30 bits per heavy atom. The van der Waals surface area contributed by atoms with Gasteiger partial charge in [-0.15, -0.1) is 25.6 Å². The van der Waals surface area contributed by atoms with Crippen molar-refractivity contribution in [3.8, 4) is 5.75 Å². The first kappa shape index (κ1) is 19.5. The number of nitrogens with two attached hydrogens (primary N) is 1. The van der Waals surface area contributed by atoms with E-state index in [0.29, 0.717) is 4.47 Å². The molecule has 0 saturated heterocycles. The maximum atomic E-state index is 12.3. The van der Waals surface area contributed by atoms with Gasteiger partial charge in [-0.05, 0) is 24.1 Å². The van der Waals surface area contributed by atoms with E-state index >= 15 is 0 Å². The number of ether oxygens (including phenoxy) is 1. The summed E-state index contributed by atoms with van der Waals surface area (Å²) in [5, 5.41) is 9.88. The van der Waals surface area contributed by atoms with Crippen LogP contribution in [0.25, 0.3) is 0 Å². The summed E-state index contributed by atoms with van der Waals surface area (Å²) in [6.45, 7) is 3.46. The van der Waals surface area contributed by atoms with Gasteiger partial charge in [-0.3, -0.25) is 0 Å². The van der Waals surface area contributed by atoms with E-state index in [1.165, 1.54) is 18.2 Å². The minimum atomic E-state index is -4.80. The second-order valence-electron chi connectivity index (χ2n) is 4.49. The molecule has 116 valence electrons. The lowest BCUT2D eigenvalue weighted by atomic mass is 9.94. The van der Waals surface area contributed by atoms with Crippen molar-refractivity contribution in [2.45, 2.75) is 32.4 Å². The van der Waals surface area contributed by atoms with Crippen LogP contribution < -0.4 is 10.5 Å². The van der Waals surface area contributed by atoms with Gasteiger partial charge in [-0.2, -0.15) is 0 Å². The molecule has 1 aromatic carbocycles. The molecule has 3 nitrogen and oxygen atoms in total. The molecule has 0 aliphatic rings. The molecule has 0 aliphatic carbocycles. The largest absolute Gasteiger partial charge is 0.573 e. The lowest BCUT2D eigenvalue weighted by molar-refractivity contribution is -0.275. The molecule has 20 heavy (non-hydrogen) atoms. The van der Waals surface area contributed by atoms with Crippen LogP contribution in [-0.4, -0.2) is 17.6 Å². The molecular formula is C12H16BrClF3NO2. The molecular weight excluding hydrogens is 362 g/mol. The molecule has 0 unspecified atom stereocenters. The molecule has 8 heteroatoms. The predicted octanol–water partition coefficient (Wildman–Crippen LogP) is 3.79. The first-order valence-electron chi connectivity index (χ1n) is 5.60. The van der Waals surface area contributed by atoms with Gasteiger partial charge in [0.25, 0.3) is 0 Å². The molecule has 0 fully saturated rings. The molecule has 3 N–H and O–H groups in total. The molecule has 0 saturated carbocycles. The van der Waals surface area contributed by atoms with Gasteiger partial charge in [0, 0.05) is 10.0 Å². The van der Waals surface area contributed by atoms with Crippen molar-refractivity contribution < 1.29 is 23.0 Å². The van der Waals surface area contributed by atoms with Crippen LogP contribution in [0.2, 0.25) is 0 Å². The van der Waals surface area contributed by atoms with Gasteiger partial charge in [-0.1, -0.05) is 29.8 Å². The fourth-order valence-corrected chi connectivity index (χ4v) is 1.97. The van der Waals surface area contributed by atoms with E-state index < -0.39 is 24.3 Å². The Morgan fingerprint density at radius 1 is 1.30 bits per heavy atom. The van der Waals surface area contributed by atoms with Gasteiger partial charge in [0.15, 0.2) is 0 Å². The summed E-state index contributed by atoms with van der Waals surface area (Å²) < 4.78 is 41.4. The standard InChI is InChI=1S/C12H15BrF3NO2.ClH/c1-6(2)11(18)10(17)8-5-7(13)3-4-9(8)19-12(14,15)16;/h3-6,10-11,18H,17H2,1-2H3;1H/t10-,11+;/m1./s1. The van der Waals surface area contributed by atoms with Crippen LogP contribution in [0.15, 0.2) is 22.7 Å². The fourth-order valence-electron chi connectivity index (χ4n) is 1.60. The van der Waals surface area contributed by atoms with E-state index in [0.717, 1.165) is 0 Å². The van der Waals surface area contributed by atoms with Crippen molar-refractivity contribution in [3.05, 3.63) is 28.2 Å². The zero-order chi connectivity index (χ0) is 14.8. The smallest absolute Gasteiger partial charge is 0.405 e. The van der Waals surface area contributed by atoms with Crippen LogP contribution in [0.4, 0.5) is 13.2 Å². The van der Waals surface area contributed by atoms with E-state index in [1.807, 2.05) is 0 Å². The van der Waals surface area contributed by atoms with Crippen molar-refractivity contribution in [1.82, 2.24) is 0 Å². The van der Waals surface area contributed by atoms with Crippen LogP contribution in [0.5, 0.6) is 5.75 Å². The number of halogens is 5. The third-order valence-corrected chi connectivity index (χ3v) is 3.10. The Kier molecular flexibility index (Phi) is 7.30.